The molecule has 0 radical (unpaired) electrons. The maximum atomic E-state index is 11.4. The number of nitrogens with one attached hydrogen (secondary N) is 1. The average molecular weight is 231 g/mol. The van der Waals surface area contributed by atoms with Crippen LogP contribution in [0.5, 0.6) is 5.88 Å². The Morgan fingerprint density at radius 3 is 2.82 bits per heavy atom. The van der Waals surface area contributed by atoms with Gasteiger partial charge in [-0.05, 0) is 6.07 Å². The van der Waals surface area contributed by atoms with E-state index in [1.54, 1.807) is 19.4 Å². The minimum atomic E-state index is -0.150. The molecule has 5 heteroatoms. The molecule has 2 aromatic rings. The van der Waals surface area contributed by atoms with E-state index in [2.05, 4.69) is 15.0 Å². The first-order chi connectivity index (χ1) is 8.22. The molecule has 0 aromatic carbocycles. The molecule has 17 heavy (non-hydrogen) atoms. The number of methoxy groups -OCH3 is 1. The lowest BCUT2D eigenvalue weighted by Gasteiger charge is -2.03. The highest BCUT2D eigenvalue weighted by Gasteiger charge is 2.04. The van der Waals surface area contributed by atoms with E-state index in [4.69, 9.17) is 4.74 Å². The fraction of sp³-hybridized carbons (Fsp3) is 0.250. The number of aromatic nitrogens is 3. The Labute approximate surface area is 98.5 Å². The molecule has 0 saturated heterocycles. The van der Waals surface area contributed by atoms with Crippen molar-refractivity contribution in [1.29, 1.82) is 0 Å². The van der Waals surface area contributed by atoms with Crippen molar-refractivity contribution in [1.82, 2.24) is 15.0 Å². The fourth-order valence-corrected chi connectivity index (χ4v) is 1.48. The Morgan fingerprint density at radius 1 is 1.41 bits per heavy atom. The summed E-state index contributed by atoms with van der Waals surface area (Å²) in [7, 11) is 1.56. The number of H-pyrrole nitrogens is 1. The number of rotatable bonds is 3. The molecule has 2 aromatic heterocycles. The molecular weight excluding hydrogens is 218 g/mol. The number of ether oxygens (including phenoxy) is 1. The topological polar surface area (TPSA) is 67.9 Å². The van der Waals surface area contributed by atoms with E-state index >= 15 is 0 Å². The number of nitrogens with zero attached hydrogens (tertiary/aromatic N) is 2. The third kappa shape index (κ3) is 2.50. The third-order valence-corrected chi connectivity index (χ3v) is 2.37. The van der Waals surface area contributed by atoms with Crippen molar-refractivity contribution in [3.05, 3.63) is 40.6 Å². The lowest BCUT2D eigenvalue weighted by Crippen LogP contribution is -2.10. The second kappa shape index (κ2) is 4.78. The van der Waals surface area contributed by atoms with Crippen LogP contribution >= 0.6 is 0 Å². The van der Waals surface area contributed by atoms with Gasteiger partial charge in [-0.15, -0.1) is 0 Å². The summed E-state index contributed by atoms with van der Waals surface area (Å²) in [5, 5.41) is 0. The zero-order valence-electron chi connectivity index (χ0n) is 9.73. The van der Waals surface area contributed by atoms with E-state index in [0.717, 1.165) is 5.56 Å². The minimum Gasteiger partial charge on any atom is -0.481 e. The van der Waals surface area contributed by atoms with E-state index in [1.807, 2.05) is 13.0 Å². The molecule has 0 unspecified atom stereocenters. The molecule has 2 heterocycles. The van der Waals surface area contributed by atoms with Crippen molar-refractivity contribution in [3.8, 4) is 17.1 Å². The van der Waals surface area contributed by atoms with E-state index in [0.29, 0.717) is 23.8 Å². The van der Waals surface area contributed by atoms with Crippen LogP contribution in [0, 0.1) is 0 Å². The Morgan fingerprint density at radius 2 is 2.24 bits per heavy atom. The summed E-state index contributed by atoms with van der Waals surface area (Å²) in [6.45, 7) is 1.94. The van der Waals surface area contributed by atoms with Gasteiger partial charge < -0.3 is 9.72 Å². The van der Waals surface area contributed by atoms with Crippen molar-refractivity contribution in [2.24, 2.45) is 0 Å². The Bertz CT molecular complexity index is 561. The Balaban J connectivity index is 2.44. The SMILES string of the molecule is CCc1nc(-c2ccc(OC)nc2)cc(=O)[nH]1. The van der Waals surface area contributed by atoms with Crippen molar-refractivity contribution < 1.29 is 4.74 Å². The number of aryl methyl sites for hydroxylation is 1. The highest BCUT2D eigenvalue weighted by Crippen LogP contribution is 2.16. The smallest absolute Gasteiger partial charge is 0.251 e. The normalized spacial score (nSPS) is 10.2. The zero-order chi connectivity index (χ0) is 12.3. The molecule has 0 fully saturated rings. The zero-order valence-corrected chi connectivity index (χ0v) is 9.73. The second-order valence-corrected chi connectivity index (χ2v) is 3.52. The number of pyridine rings is 1. The predicted molar refractivity (Wildman–Crippen MR) is 64.0 cm³/mol. The number of hydrogen-bond acceptors (Lipinski definition) is 4. The number of hydrogen-bond donors (Lipinski definition) is 1. The quantitative estimate of drug-likeness (QED) is 0.867. The molecule has 1 N–H and O–H groups in total. The maximum Gasteiger partial charge on any atom is 0.251 e. The van der Waals surface area contributed by atoms with Crippen LogP contribution in [0.4, 0.5) is 0 Å². The summed E-state index contributed by atoms with van der Waals surface area (Å²) in [5.41, 5.74) is 1.27. The highest BCUT2D eigenvalue weighted by atomic mass is 16.5. The van der Waals surface area contributed by atoms with Gasteiger partial charge in [0.05, 0.1) is 12.8 Å². The third-order valence-electron chi connectivity index (χ3n) is 2.37. The lowest BCUT2D eigenvalue weighted by atomic mass is 10.2. The van der Waals surface area contributed by atoms with Crippen LogP contribution in [0.2, 0.25) is 0 Å². The van der Waals surface area contributed by atoms with Gasteiger partial charge in [-0.1, -0.05) is 6.92 Å². The van der Waals surface area contributed by atoms with Crippen LogP contribution < -0.4 is 10.3 Å². The summed E-state index contributed by atoms with van der Waals surface area (Å²) in [5.74, 6) is 1.21. The highest BCUT2D eigenvalue weighted by molar-refractivity contribution is 5.57. The van der Waals surface area contributed by atoms with Gasteiger partial charge >= 0.3 is 0 Å². The molecule has 0 bridgehead atoms. The van der Waals surface area contributed by atoms with Crippen LogP contribution in [0.1, 0.15) is 12.7 Å². The van der Waals surface area contributed by atoms with Gasteiger partial charge in [0.1, 0.15) is 5.82 Å². The molecule has 88 valence electrons. The summed E-state index contributed by atoms with van der Waals surface area (Å²) in [6, 6.07) is 5.03. The minimum absolute atomic E-state index is 0.150. The number of aromatic amines is 1. The Kier molecular flexibility index (Phi) is 3.18. The molecule has 0 aliphatic carbocycles. The molecule has 0 atom stereocenters. The van der Waals surface area contributed by atoms with Crippen LogP contribution in [-0.2, 0) is 6.42 Å². The largest absolute Gasteiger partial charge is 0.481 e. The second-order valence-electron chi connectivity index (χ2n) is 3.52. The first-order valence-electron chi connectivity index (χ1n) is 5.33. The summed E-state index contributed by atoms with van der Waals surface area (Å²) in [4.78, 5) is 22.5. The predicted octanol–water partition coefficient (Wildman–Crippen LogP) is 1.40. The standard InChI is InChI=1S/C12H13N3O2/c1-3-10-14-9(6-11(16)15-10)8-4-5-12(17-2)13-7-8/h4-7H,3H2,1-2H3,(H,14,15,16). The average Bonchev–Trinajstić information content (AvgIpc) is 2.38. The van der Waals surface area contributed by atoms with Gasteiger partial charge in [0, 0.05) is 30.3 Å². The van der Waals surface area contributed by atoms with Gasteiger partial charge in [0.2, 0.25) is 5.88 Å². The maximum absolute atomic E-state index is 11.4. The van der Waals surface area contributed by atoms with Gasteiger partial charge in [0.25, 0.3) is 5.56 Å². The van der Waals surface area contributed by atoms with E-state index in [9.17, 15) is 4.79 Å². The van der Waals surface area contributed by atoms with Crippen LogP contribution in [0.25, 0.3) is 11.3 Å². The molecule has 0 amide bonds. The van der Waals surface area contributed by atoms with Crippen molar-refractivity contribution in [3.63, 3.8) is 0 Å². The molecule has 0 saturated carbocycles. The Hall–Kier alpha value is -2.17. The van der Waals surface area contributed by atoms with E-state index in [-0.39, 0.29) is 5.56 Å². The van der Waals surface area contributed by atoms with Gasteiger partial charge in [-0.2, -0.15) is 0 Å². The summed E-state index contributed by atoms with van der Waals surface area (Å²) in [6.07, 6.45) is 2.33. The van der Waals surface area contributed by atoms with Gasteiger partial charge in [-0.25, -0.2) is 9.97 Å². The summed E-state index contributed by atoms with van der Waals surface area (Å²) >= 11 is 0. The van der Waals surface area contributed by atoms with Crippen LogP contribution in [0.15, 0.2) is 29.2 Å². The summed E-state index contributed by atoms with van der Waals surface area (Å²) < 4.78 is 4.97. The lowest BCUT2D eigenvalue weighted by molar-refractivity contribution is 0.398. The first kappa shape index (κ1) is 11.3. The molecule has 0 aliphatic heterocycles. The van der Waals surface area contributed by atoms with Gasteiger partial charge in [-0.3, -0.25) is 4.79 Å². The van der Waals surface area contributed by atoms with Gasteiger partial charge in [0.15, 0.2) is 0 Å². The van der Waals surface area contributed by atoms with Crippen LogP contribution in [-0.4, -0.2) is 22.1 Å². The molecular formula is C12H13N3O2. The molecule has 0 aliphatic rings. The molecule has 2 rings (SSSR count). The van der Waals surface area contributed by atoms with Crippen molar-refractivity contribution >= 4 is 0 Å². The van der Waals surface area contributed by atoms with E-state index in [1.165, 1.54) is 6.07 Å². The first-order valence-corrected chi connectivity index (χ1v) is 5.33. The van der Waals surface area contributed by atoms with Crippen molar-refractivity contribution in [2.45, 2.75) is 13.3 Å². The molecule has 5 nitrogen and oxygen atoms in total. The molecule has 0 spiro atoms. The monoisotopic (exact) mass is 231 g/mol. The van der Waals surface area contributed by atoms with E-state index < -0.39 is 0 Å². The van der Waals surface area contributed by atoms with Crippen LogP contribution in [0.3, 0.4) is 0 Å². The fourth-order valence-electron chi connectivity index (χ4n) is 1.48. The van der Waals surface area contributed by atoms with Crippen molar-refractivity contribution in [2.75, 3.05) is 7.11 Å².